The van der Waals surface area contributed by atoms with Crippen molar-refractivity contribution in [2.45, 2.75) is 13.3 Å². The normalized spacial score (nSPS) is 16.1. The molecule has 0 amide bonds. The van der Waals surface area contributed by atoms with Crippen LogP contribution in [0.4, 0.5) is 5.82 Å². The molecule has 1 unspecified atom stereocenters. The van der Waals surface area contributed by atoms with Gasteiger partial charge in [0.15, 0.2) is 11.5 Å². The molecule has 1 aliphatic rings. The molecule has 0 aliphatic carbocycles. The smallest absolute Gasteiger partial charge is 0.161 e. The molecule has 153 valence electrons. The minimum Gasteiger partial charge on any atom is -0.493 e. The Morgan fingerprint density at radius 1 is 1.14 bits per heavy atom. The summed E-state index contributed by atoms with van der Waals surface area (Å²) in [6.07, 6.45) is 1.03. The van der Waals surface area contributed by atoms with Crippen LogP contribution < -0.4 is 14.4 Å². The predicted molar refractivity (Wildman–Crippen MR) is 119 cm³/mol. The number of hydrogen-bond acceptors (Lipinski definition) is 6. The van der Waals surface area contributed by atoms with Crippen molar-refractivity contribution in [1.82, 2.24) is 9.27 Å². The molecule has 4 rings (SSSR count). The second kappa shape index (κ2) is 9.46. The first kappa shape index (κ1) is 20.0. The second-order valence-electron chi connectivity index (χ2n) is 7.61. The molecular formula is C23H28N3O2S. The molecule has 0 spiro atoms. The summed E-state index contributed by atoms with van der Waals surface area (Å²) in [6, 6.07) is 17.1. The molecule has 0 N–H and O–H groups in total. The van der Waals surface area contributed by atoms with Gasteiger partial charge in [-0.05, 0) is 54.2 Å². The summed E-state index contributed by atoms with van der Waals surface area (Å²) in [6.45, 7) is 8.35. The van der Waals surface area contributed by atoms with E-state index >= 15 is 0 Å². The Morgan fingerprint density at radius 3 is 2.79 bits per heavy atom. The zero-order chi connectivity index (χ0) is 20.1. The zero-order valence-electron chi connectivity index (χ0n) is 17.1. The van der Waals surface area contributed by atoms with Crippen molar-refractivity contribution in [3.05, 3.63) is 48.5 Å². The average molecular weight is 411 g/mol. The number of fused-ring (bicyclic) bond motifs is 1. The van der Waals surface area contributed by atoms with Crippen molar-refractivity contribution >= 4 is 27.4 Å². The summed E-state index contributed by atoms with van der Waals surface area (Å²) in [5.74, 6) is 3.28. The van der Waals surface area contributed by atoms with Gasteiger partial charge in [0.2, 0.25) is 0 Å². The molecule has 1 saturated heterocycles. The number of aromatic nitrogens is 1. The lowest BCUT2D eigenvalue weighted by Gasteiger charge is -2.36. The molecule has 2 heterocycles. The number of benzene rings is 2. The fraction of sp³-hybridized carbons (Fsp3) is 0.435. The first-order valence-electron chi connectivity index (χ1n) is 10.2. The van der Waals surface area contributed by atoms with E-state index in [1.165, 1.54) is 10.1 Å². The van der Waals surface area contributed by atoms with Crippen LogP contribution in [-0.4, -0.2) is 55.7 Å². The van der Waals surface area contributed by atoms with Crippen LogP contribution in [0, 0.1) is 12.0 Å². The van der Waals surface area contributed by atoms with Crippen LogP contribution >= 0.6 is 11.5 Å². The van der Waals surface area contributed by atoms with E-state index in [0.29, 0.717) is 12.5 Å². The number of piperazine rings is 1. The first-order chi connectivity index (χ1) is 14.2. The Balaban J connectivity index is 1.22. The molecule has 3 aromatic rings. The number of rotatable bonds is 8. The molecule has 0 saturated carbocycles. The van der Waals surface area contributed by atoms with Gasteiger partial charge in [-0.15, -0.1) is 0 Å². The highest BCUT2D eigenvalue weighted by Crippen LogP contribution is 2.30. The summed E-state index contributed by atoms with van der Waals surface area (Å²) in [5, 5.41) is 1.28. The van der Waals surface area contributed by atoms with Gasteiger partial charge in [-0.25, -0.2) is 0 Å². The maximum absolute atomic E-state index is 5.92. The maximum Gasteiger partial charge on any atom is 0.161 e. The highest BCUT2D eigenvalue weighted by atomic mass is 32.1. The van der Waals surface area contributed by atoms with Gasteiger partial charge in [-0.3, -0.25) is 4.90 Å². The van der Waals surface area contributed by atoms with Crippen LogP contribution in [0.1, 0.15) is 13.3 Å². The fourth-order valence-electron chi connectivity index (χ4n) is 3.82. The fourth-order valence-corrected chi connectivity index (χ4v) is 4.62. The van der Waals surface area contributed by atoms with E-state index in [1.54, 1.807) is 18.6 Å². The lowest BCUT2D eigenvalue weighted by atomic mass is 10.1. The highest BCUT2D eigenvalue weighted by molar-refractivity contribution is 7.13. The number of anilines is 1. The van der Waals surface area contributed by atoms with Crippen molar-refractivity contribution < 1.29 is 9.47 Å². The van der Waals surface area contributed by atoms with Gasteiger partial charge in [-0.1, -0.05) is 25.1 Å². The van der Waals surface area contributed by atoms with Crippen LogP contribution in [0.2, 0.25) is 0 Å². The standard InChI is InChI=1S/C23H28N3O2S/c1-18(11-16-28-21-9-5-4-8-20(21)27-2)17-25-12-14-26(15-13-25)23-19-7-3-6-10-22(19)29-24-23/h3,5-10,18H,11-17H2,1-2H3. The van der Waals surface area contributed by atoms with E-state index in [9.17, 15) is 0 Å². The molecular weight excluding hydrogens is 382 g/mol. The van der Waals surface area contributed by atoms with Gasteiger partial charge < -0.3 is 14.4 Å². The molecule has 29 heavy (non-hydrogen) atoms. The van der Waals surface area contributed by atoms with Crippen LogP contribution in [0.5, 0.6) is 11.5 Å². The third kappa shape index (κ3) is 4.82. The third-order valence-corrected chi connectivity index (χ3v) is 6.29. The first-order valence-corrected chi connectivity index (χ1v) is 11.0. The largest absolute Gasteiger partial charge is 0.493 e. The third-order valence-electron chi connectivity index (χ3n) is 5.48. The number of methoxy groups -OCH3 is 1. The topological polar surface area (TPSA) is 37.8 Å². The molecule has 1 fully saturated rings. The summed E-state index contributed by atoms with van der Waals surface area (Å²) in [4.78, 5) is 5.00. The average Bonchev–Trinajstić information content (AvgIpc) is 3.19. The second-order valence-corrected chi connectivity index (χ2v) is 8.41. The minimum absolute atomic E-state index is 0.586. The van der Waals surface area contributed by atoms with E-state index in [2.05, 4.69) is 47.1 Å². The monoisotopic (exact) mass is 410 g/mol. The summed E-state index contributed by atoms with van der Waals surface area (Å²) in [5.41, 5.74) is 0. The Kier molecular flexibility index (Phi) is 6.52. The molecule has 2 aromatic carbocycles. The van der Waals surface area contributed by atoms with Gasteiger partial charge >= 0.3 is 0 Å². The SMILES string of the molecule is COc1c[c]ccc1OCCC(C)CN1CCN(c2nsc3ccccc23)CC1. The molecule has 5 nitrogen and oxygen atoms in total. The maximum atomic E-state index is 5.92. The number of nitrogens with zero attached hydrogens (tertiary/aromatic N) is 3. The van der Waals surface area contributed by atoms with E-state index in [-0.39, 0.29) is 0 Å². The van der Waals surface area contributed by atoms with Gasteiger partial charge in [0.1, 0.15) is 5.82 Å². The summed E-state index contributed by atoms with van der Waals surface area (Å²) < 4.78 is 17.2. The Hall–Kier alpha value is -2.31. The lowest BCUT2D eigenvalue weighted by molar-refractivity contribution is 0.199. The van der Waals surface area contributed by atoms with E-state index in [1.807, 2.05) is 18.2 Å². The highest BCUT2D eigenvalue weighted by Gasteiger charge is 2.21. The molecule has 1 aromatic heterocycles. The molecule has 0 bridgehead atoms. The Labute approximate surface area is 177 Å². The van der Waals surface area contributed by atoms with E-state index in [0.717, 1.165) is 56.5 Å². The summed E-state index contributed by atoms with van der Waals surface area (Å²) >= 11 is 1.60. The van der Waals surface area contributed by atoms with Crippen molar-refractivity contribution in [1.29, 1.82) is 0 Å². The van der Waals surface area contributed by atoms with Gasteiger partial charge in [0, 0.05) is 38.1 Å². The zero-order valence-corrected chi connectivity index (χ0v) is 18.0. The van der Waals surface area contributed by atoms with E-state index in [4.69, 9.17) is 13.8 Å². The van der Waals surface area contributed by atoms with Crippen molar-refractivity contribution in [2.24, 2.45) is 5.92 Å². The van der Waals surface area contributed by atoms with Gasteiger partial charge in [0.25, 0.3) is 0 Å². The van der Waals surface area contributed by atoms with Crippen LogP contribution in [0.3, 0.4) is 0 Å². The van der Waals surface area contributed by atoms with Gasteiger partial charge in [-0.2, -0.15) is 4.37 Å². The minimum atomic E-state index is 0.586. The molecule has 6 heteroatoms. The van der Waals surface area contributed by atoms with Crippen LogP contribution in [0.25, 0.3) is 10.1 Å². The van der Waals surface area contributed by atoms with Crippen molar-refractivity contribution in [3.8, 4) is 11.5 Å². The predicted octanol–water partition coefficient (Wildman–Crippen LogP) is 4.33. The number of hydrogen-bond donors (Lipinski definition) is 0. The molecule has 1 atom stereocenters. The molecule has 1 aliphatic heterocycles. The summed E-state index contributed by atoms with van der Waals surface area (Å²) in [7, 11) is 1.66. The van der Waals surface area contributed by atoms with Crippen LogP contribution in [-0.2, 0) is 0 Å². The Bertz CT molecular complexity index is 921. The molecule has 1 radical (unpaired) electrons. The van der Waals surface area contributed by atoms with Crippen LogP contribution in [0.15, 0.2) is 42.5 Å². The van der Waals surface area contributed by atoms with Gasteiger partial charge in [0.05, 0.1) is 18.4 Å². The van der Waals surface area contributed by atoms with Crippen molar-refractivity contribution in [3.63, 3.8) is 0 Å². The number of ether oxygens (including phenoxy) is 2. The van der Waals surface area contributed by atoms with Crippen molar-refractivity contribution in [2.75, 3.05) is 51.3 Å². The van der Waals surface area contributed by atoms with E-state index < -0.39 is 0 Å². The quantitative estimate of drug-likeness (QED) is 0.553. The Morgan fingerprint density at radius 2 is 1.97 bits per heavy atom. The lowest BCUT2D eigenvalue weighted by Crippen LogP contribution is -2.47.